The lowest BCUT2D eigenvalue weighted by Gasteiger charge is -2.13. The van der Waals surface area contributed by atoms with Gasteiger partial charge < -0.3 is 5.32 Å². The fourth-order valence-corrected chi connectivity index (χ4v) is 1.89. The van der Waals surface area contributed by atoms with Crippen molar-refractivity contribution in [3.05, 3.63) is 34.1 Å². The van der Waals surface area contributed by atoms with E-state index in [0.717, 1.165) is 11.0 Å². The molecule has 1 saturated heterocycles. The standard InChI is InChI=1S/C10H8BrFN2O2/c11-8-2-1-6(12)5-7(8)9(15)14-4-3-13-10(14)16/h1-2,5H,3-4H2,(H,13,16). The van der Waals surface area contributed by atoms with E-state index in [1.807, 2.05) is 0 Å². The Morgan fingerprint density at radius 1 is 1.50 bits per heavy atom. The minimum absolute atomic E-state index is 0.150. The molecule has 3 amide bonds. The summed E-state index contributed by atoms with van der Waals surface area (Å²) in [4.78, 5) is 24.2. The molecule has 0 spiro atoms. The van der Waals surface area contributed by atoms with Crippen molar-refractivity contribution in [3.8, 4) is 0 Å². The van der Waals surface area contributed by atoms with Gasteiger partial charge in [-0.1, -0.05) is 0 Å². The summed E-state index contributed by atoms with van der Waals surface area (Å²) in [5.74, 6) is -1.01. The summed E-state index contributed by atoms with van der Waals surface area (Å²) in [6, 6.07) is 3.35. The van der Waals surface area contributed by atoms with Gasteiger partial charge in [-0.3, -0.25) is 9.69 Å². The van der Waals surface area contributed by atoms with E-state index >= 15 is 0 Å². The van der Waals surface area contributed by atoms with Gasteiger partial charge in [0.15, 0.2) is 0 Å². The van der Waals surface area contributed by atoms with Gasteiger partial charge in [0.25, 0.3) is 5.91 Å². The average molecular weight is 287 g/mol. The molecule has 4 nitrogen and oxygen atoms in total. The fourth-order valence-electron chi connectivity index (χ4n) is 1.47. The summed E-state index contributed by atoms with van der Waals surface area (Å²) in [7, 11) is 0. The first-order valence-corrected chi connectivity index (χ1v) is 5.43. The molecule has 84 valence electrons. The summed E-state index contributed by atoms with van der Waals surface area (Å²) in [6.45, 7) is 0.734. The fraction of sp³-hybridized carbons (Fsp3) is 0.200. The molecule has 1 aliphatic rings. The van der Waals surface area contributed by atoms with Gasteiger partial charge in [0.1, 0.15) is 5.82 Å². The van der Waals surface area contributed by atoms with Crippen molar-refractivity contribution in [2.24, 2.45) is 0 Å². The molecular weight excluding hydrogens is 279 g/mol. The van der Waals surface area contributed by atoms with Crippen LogP contribution in [0.25, 0.3) is 0 Å². The van der Waals surface area contributed by atoms with E-state index in [-0.39, 0.29) is 5.56 Å². The number of hydrogen-bond donors (Lipinski definition) is 1. The normalized spacial score (nSPS) is 15.1. The van der Waals surface area contributed by atoms with Gasteiger partial charge in [-0.15, -0.1) is 0 Å². The van der Waals surface area contributed by atoms with Crippen LogP contribution < -0.4 is 5.32 Å². The van der Waals surface area contributed by atoms with Gasteiger partial charge in [-0.05, 0) is 34.1 Å². The van der Waals surface area contributed by atoms with Crippen molar-refractivity contribution in [2.75, 3.05) is 13.1 Å². The van der Waals surface area contributed by atoms with Gasteiger partial charge >= 0.3 is 6.03 Å². The van der Waals surface area contributed by atoms with Crippen molar-refractivity contribution in [3.63, 3.8) is 0 Å². The molecular formula is C10H8BrFN2O2. The molecule has 1 aliphatic heterocycles. The van der Waals surface area contributed by atoms with Crippen LogP contribution in [-0.4, -0.2) is 29.9 Å². The Labute approximate surface area is 99.6 Å². The maximum atomic E-state index is 13.0. The third kappa shape index (κ3) is 1.92. The van der Waals surface area contributed by atoms with Crippen LogP contribution in [-0.2, 0) is 0 Å². The molecule has 1 N–H and O–H groups in total. The summed E-state index contributed by atoms with van der Waals surface area (Å²) < 4.78 is 13.5. The Balaban J connectivity index is 2.33. The van der Waals surface area contributed by atoms with Crippen LogP contribution in [0.4, 0.5) is 9.18 Å². The number of amides is 3. The summed E-state index contributed by atoms with van der Waals surface area (Å²) in [5, 5.41) is 2.51. The number of carbonyl (C=O) groups is 2. The number of benzene rings is 1. The molecule has 0 radical (unpaired) electrons. The second-order valence-corrected chi connectivity index (χ2v) is 4.17. The monoisotopic (exact) mass is 286 g/mol. The molecule has 0 bridgehead atoms. The number of imide groups is 1. The third-order valence-electron chi connectivity index (χ3n) is 2.26. The first kappa shape index (κ1) is 11.1. The van der Waals surface area contributed by atoms with E-state index in [2.05, 4.69) is 21.2 Å². The number of rotatable bonds is 1. The molecule has 1 fully saturated rings. The van der Waals surface area contributed by atoms with E-state index in [9.17, 15) is 14.0 Å². The highest BCUT2D eigenvalue weighted by atomic mass is 79.9. The summed E-state index contributed by atoms with van der Waals surface area (Å²) >= 11 is 3.15. The molecule has 0 aliphatic carbocycles. The number of urea groups is 1. The van der Waals surface area contributed by atoms with Crippen LogP contribution in [0.3, 0.4) is 0 Å². The second-order valence-electron chi connectivity index (χ2n) is 3.31. The van der Waals surface area contributed by atoms with Crippen LogP contribution in [0.1, 0.15) is 10.4 Å². The molecule has 0 aromatic heterocycles. The SMILES string of the molecule is O=C1NCCN1C(=O)c1cc(F)ccc1Br. The summed E-state index contributed by atoms with van der Waals surface area (Å²) in [5.41, 5.74) is 0.150. The zero-order chi connectivity index (χ0) is 11.7. The van der Waals surface area contributed by atoms with Crippen LogP contribution in [0.15, 0.2) is 22.7 Å². The molecule has 0 atom stereocenters. The molecule has 1 aromatic carbocycles. The Hall–Kier alpha value is -1.43. The Morgan fingerprint density at radius 3 is 2.88 bits per heavy atom. The van der Waals surface area contributed by atoms with Gasteiger partial charge in [-0.25, -0.2) is 9.18 Å². The Bertz CT molecular complexity index is 464. The lowest BCUT2D eigenvalue weighted by Crippen LogP contribution is -2.34. The quantitative estimate of drug-likeness (QED) is 0.855. The number of nitrogens with one attached hydrogen (secondary N) is 1. The highest BCUT2D eigenvalue weighted by molar-refractivity contribution is 9.10. The van der Waals surface area contributed by atoms with E-state index < -0.39 is 17.8 Å². The van der Waals surface area contributed by atoms with Crippen molar-refractivity contribution in [1.29, 1.82) is 0 Å². The molecule has 16 heavy (non-hydrogen) atoms. The maximum absolute atomic E-state index is 13.0. The van der Waals surface area contributed by atoms with Crippen molar-refractivity contribution in [1.82, 2.24) is 10.2 Å². The first-order valence-electron chi connectivity index (χ1n) is 4.64. The van der Waals surface area contributed by atoms with Gasteiger partial charge in [0, 0.05) is 17.6 Å². The Morgan fingerprint density at radius 2 is 2.25 bits per heavy atom. The van der Waals surface area contributed by atoms with Crippen LogP contribution in [0.5, 0.6) is 0 Å². The topological polar surface area (TPSA) is 49.4 Å². The summed E-state index contributed by atoms with van der Waals surface area (Å²) in [6.07, 6.45) is 0. The van der Waals surface area contributed by atoms with Gasteiger partial charge in [0.05, 0.1) is 5.56 Å². The van der Waals surface area contributed by atoms with Crippen molar-refractivity contribution < 1.29 is 14.0 Å². The van der Waals surface area contributed by atoms with E-state index in [1.165, 1.54) is 12.1 Å². The number of nitrogens with zero attached hydrogens (tertiary/aromatic N) is 1. The van der Waals surface area contributed by atoms with Crippen LogP contribution in [0, 0.1) is 5.82 Å². The molecule has 1 aromatic rings. The number of carbonyl (C=O) groups excluding carboxylic acids is 2. The first-order chi connectivity index (χ1) is 7.59. The minimum atomic E-state index is -0.508. The highest BCUT2D eigenvalue weighted by Crippen LogP contribution is 2.20. The zero-order valence-electron chi connectivity index (χ0n) is 8.17. The van der Waals surface area contributed by atoms with E-state index in [4.69, 9.17) is 0 Å². The molecule has 2 rings (SSSR count). The maximum Gasteiger partial charge on any atom is 0.324 e. The third-order valence-corrected chi connectivity index (χ3v) is 2.95. The molecule has 0 unspecified atom stereocenters. The smallest absolute Gasteiger partial charge is 0.324 e. The predicted octanol–water partition coefficient (Wildman–Crippen LogP) is 1.75. The van der Waals surface area contributed by atoms with E-state index in [0.29, 0.717) is 17.6 Å². The minimum Gasteiger partial charge on any atom is -0.336 e. The number of hydrogen-bond acceptors (Lipinski definition) is 2. The Kier molecular flexibility index (Phi) is 2.91. The van der Waals surface area contributed by atoms with Gasteiger partial charge in [0.2, 0.25) is 0 Å². The van der Waals surface area contributed by atoms with Gasteiger partial charge in [-0.2, -0.15) is 0 Å². The molecule has 0 saturated carbocycles. The number of halogens is 2. The highest BCUT2D eigenvalue weighted by Gasteiger charge is 2.28. The largest absolute Gasteiger partial charge is 0.336 e. The average Bonchev–Trinajstić information content (AvgIpc) is 2.67. The van der Waals surface area contributed by atoms with Crippen molar-refractivity contribution in [2.45, 2.75) is 0 Å². The lowest BCUT2D eigenvalue weighted by atomic mass is 10.2. The van der Waals surface area contributed by atoms with E-state index in [1.54, 1.807) is 0 Å². The van der Waals surface area contributed by atoms with Crippen LogP contribution in [0.2, 0.25) is 0 Å². The zero-order valence-corrected chi connectivity index (χ0v) is 9.75. The predicted molar refractivity (Wildman–Crippen MR) is 58.5 cm³/mol. The molecule has 6 heteroatoms. The second kappa shape index (κ2) is 4.21. The lowest BCUT2D eigenvalue weighted by molar-refractivity contribution is 0.0828. The molecule has 1 heterocycles. The van der Waals surface area contributed by atoms with Crippen molar-refractivity contribution >= 4 is 27.9 Å². The van der Waals surface area contributed by atoms with Crippen LogP contribution >= 0.6 is 15.9 Å².